The molecule has 10 N–H and O–H groups in total. The van der Waals surface area contributed by atoms with E-state index in [2.05, 4.69) is 60.6 Å². The third-order valence-corrected chi connectivity index (χ3v) is 19.9. The fourth-order valence-electron chi connectivity index (χ4n) is 15.7. The Hall–Kier alpha value is -0.940. The van der Waals surface area contributed by atoms with Gasteiger partial charge in [-0.05, 0) is 108 Å². The van der Waals surface area contributed by atoms with E-state index in [9.17, 15) is 51.1 Å². The SMILES string of the molecule is C[C@@H]1OC(O[C@H]2[C@H](O)[C@@H](O)C(O[C@H]3CC[C@]4(C)[C@H]5C=C[C@H]6[C@@H]7C8OCC(C[C@H]7[C@@H](O)C[C@@]6(C)[C@]5(C)CC[C@H]4C3(C)C)C8(C)C)O[C@@H]2COC2O[C@H](CO)[C@@H](O)[C@H](O)[C@H]2O)[C@H](O)[C@H](O)[C@H]1O. The van der Waals surface area contributed by atoms with Crippen LogP contribution >= 0.6 is 0 Å². The normalized spacial score (nSPS) is 58.0. The van der Waals surface area contributed by atoms with Crippen molar-refractivity contribution < 1.29 is 84.2 Å². The smallest absolute Gasteiger partial charge is 0.187 e. The van der Waals surface area contributed by atoms with Crippen LogP contribution in [0.4, 0.5) is 0 Å². The Kier molecular flexibility index (Phi) is 12.9. The van der Waals surface area contributed by atoms with Crippen molar-refractivity contribution in [3.05, 3.63) is 12.2 Å². The van der Waals surface area contributed by atoms with Crippen LogP contribution < -0.4 is 0 Å². The minimum absolute atomic E-state index is 0.0623. The lowest BCUT2D eigenvalue weighted by Crippen LogP contribution is -2.68. The Balaban J connectivity index is 0.947. The highest BCUT2D eigenvalue weighted by atomic mass is 16.8. The number of hydrogen-bond acceptors (Lipinski definition) is 17. The fourth-order valence-corrected chi connectivity index (χ4v) is 15.7. The summed E-state index contributed by atoms with van der Waals surface area (Å²) in [4.78, 5) is 0. The summed E-state index contributed by atoms with van der Waals surface area (Å²) >= 11 is 0. The Morgan fingerprint density at radius 3 is 2.00 bits per heavy atom. The highest BCUT2D eigenvalue weighted by Crippen LogP contribution is 2.75. The van der Waals surface area contributed by atoms with E-state index < -0.39 is 117 Å². The van der Waals surface area contributed by atoms with Crippen LogP contribution in [0.15, 0.2) is 12.2 Å². The van der Waals surface area contributed by atoms with Gasteiger partial charge < -0.3 is 84.2 Å². The average Bonchev–Trinajstić information content (AvgIpc) is 3.38. The van der Waals surface area contributed by atoms with Gasteiger partial charge in [-0.1, -0.05) is 60.6 Å². The first-order valence-electron chi connectivity index (χ1n) is 24.3. The van der Waals surface area contributed by atoms with E-state index >= 15 is 0 Å². The molecule has 5 unspecified atom stereocenters. The number of aliphatic hydroxyl groups is 10. The minimum Gasteiger partial charge on any atom is -0.394 e. The molecular formula is C48H78O17. The molecule has 8 fully saturated rings. The van der Waals surface area contributed by atoms with Gasteiger partial charge in [0.15, 0.2) is 18.9 Å². The van der Waals surface area contributed by atoms with Crippen LogP contribution in [0.25, 0.3) is 0 Å². The first-order chi connectivity index (χ1) is 30.4. The van der Waals surface area contributed by atoms with Crippen LogP contribution in [0.1, 0.15) is 93.9 Å². The monoisotopic (exact) mass is 927 g/mol. The summed E-state index contributed by atoms with van der Waals surface area (Å²) in [6, 6.07) is 0. The molecule has 27 atom stereocenters. The zero-order chi connectivity index (χ0) is 47.1. The van der Waals surface area contributed by atoms with Gasteiger partial charge in [-0.25, -0.2) is 0 Å². The molecule has 4 saturated carbocycles. The summed E-state index contributed by atoms with van der Waals surface area (Å²) < 4.78 is 42.9. The number of hydrogen-bond donors (Lipinski definition) is 10. The Morgan fingerprint density at radius 2 is 1.29 bits per heavy atom. The highest BCUT2D eigenvalue weighted by molar-refractivity contribution is 5.27. The van der Waals surface area contributed by atoms with Crippen molar-refractivity contribution in [3.63, 3.8) is 0 Å². The molecule has 17 heteroatoms. The van der Waals surface area contributed by atoms with Gasteiger partial charge in [-0.3, -0.25) is 0 Å². The topological polar surface area (TPSA) is 267 Å². The van der Waals surface area contributed by atoms with Gasteiger partial charge in [0.25, 0.3) is 0 Å². The first kappa shape index (κ1) is 49.1. The first-order valence-corrected chi connectivity index (χ1v) is 24.3. The molecular weight excluding hydrogens is 849 g/mol. The molecule has 65 heavy (non-hydrogen) atoms. The maximum atomic E-state index is 12.0. The fraction of sp³-hybridized carbons (Fsp3) is 0.958. The molecule has 0 aromatic carbocycles. The molecule has 4 aliphatic heterocycles. The van der Waals surface area contributed by atoms with Gasteiger partial charge in [0.1, 0.15) is 67.1 Å². The Labute approximate surface area is 382 Å². The van der Waals surface area contributed by atoms with Crippen LogP contribution in [-0.4, -0.2) is 181 Å². The van der Waals surface area contributed by atoms with Gasteiger partial charge in [-0.2, -0.15) is 0 Å². The van der Waals surface area contributed by atoms with E-state index in [0.717, 1.165) is 38.7 Å². The molecule has 0 amide bonds. The molecule has 9 aliphatic rings. The quantitative estimate of drug-likeness (QED) is 0.116. The van der Waals surface area contributed by atoms with Crippen LogP contribution in [0, 0.1) is 62.6 Å². The van der Waals surface area contributed by atoms with E-state index in [-0.39, 0.29) is 57.5 Å². The lowest BCUT2D eigenvalue weighted by atomic mass is 9.33. The number of rotatable bonds is 8. The highest BCUT2D eigenvalue weighted by Gasteiger charge is 2.71. The van der Waals surface area contributed by atoms with E-state index in [1.807, 2.05) is 0 Å². The van der Waals surface area contributed by atoms with Gasteiger partial charge in [0, 0.05) is 0 Å². The summed E-state index contributed by atoms with van der Waals surface area (Å²) in [5.41, 5.74) is -0.763. The second kappa shape index (κ2) is 17.1. The molecule has 2 bridgehead atoms. The molecule has 0 aromatic heterocycles. The lowest BCUT2D eigenvalue weighted by molar-refractivity contribution is -0.373. The molecule has 4 saturated heterocycles. The molecule has 9 rings (SSSR count). The predicted molar refractivity (Wildman–Crippen MR) is 228 cm³/mol. The molecule has 372 valence electrons. The zero-order valence-corrected chi connectivity index (χ0v) is 39.2. The summed E-state index contributed by atoms with van der Waals surface area (Å²) in [7, 11) is 0. The number of allylic oxidation sites excluding steroid dienone is 2. The Morgan fingerprint density at radius 1 is 0.646 bits per heavy atom. The van der Waals surface area contributed by atoms with Crippen molar-refractivity contribution in [1.29, 1.82) is 0 Å². The van der Waals surface area contributed by atoms with Crippen molar-refractivity contribution in [1.82, 2.24) is 0 Å². The van der Waals surface area contributed by atoms with Crippen molar-refractivity contribution in [2.24, 2.45) is 62.6 Å². The molecule has 17 nitrogen and oxygen atoms in total. The number of ether oxygens (including phenoxy) is 7. The second-order valence-electron chi connectivity index (χ2n) is 23.7. The van der Waals surface area contributed by atoms with Gasteiger partial charge >= 0.3 is 0 Å². The average molecular weight is 927 g/mol. The van der Waals surface area contributed by atoms with E-state index in [1.165, 1.54) is 6.92 Å². The Bertz CT molecular complexity index is 1750. The summed E-state index contributed by atoms with van der Waals surface area (Å²) in [6.45, 7) is 17.5. The third kappa shape index (κ3) is 7.42. The largest absolute Gasteiger partial charge is 0.394 e. The van der Waals surface area contributed by atoms with Crippen LogP contribution in [0.3, 0.4) is 0 Å². The van der Waals surface area contributed by atoms with Gasteiger partial charge in [0.2, 0.25) is 0 Å². The van der Waals surface area contributed by atoms with Crippen LogP contribution in [0.5, 0.6) is 0 Å². The number of fused-ring (bicyclic) bond motifs is 10. The van der Waals surface area contributed by atoms with E-state index in [4.69, 9.17) is 33.2 Å². The molecule has 0 spiro atoms. The number of aliphatic hydroxyl groups excluding tert-OH is 10. The maximum Gasteiger partial charge on any atom is 0.187 e. The standard InChI is InChI=1S/C48H78O17/c1-20-31(51)33(53)37(57)42(61-20)65-39-26(19-60-41-36(56)34(54)32(52)25(17-49)62-41)63-43(38(58)35(39)55)64-29-12-13-46(6)27(45(29,4)5)11-14-47(7)28(46)10-9-23-30-22(24(50)16-48(23,47)8)15-21-18-59-40(30)44(21,2)3/h9-10,20-43,49-58H,11-19H2,1-8H3/t20-,21?,22-,23-,24-,25+,26+,27-,28+,29-,30+,31-,32+,33+,34-,35+,36+,37+,38+,39+,40?,41?,42?,43?,46-,47+,48+/m0/s1. The van der Waals surface area contributed by atoms with Crippen molar-refractivity contribution >= 4 is 0 Å². The summed E-state index contributed by atoms with van der Waals surface area (Å²) in [5, 5.41) is 108. The molecule has 0 radical (unpaired) electrons. The van der Waals surface area contributed by atoms with Crippen LogP contribution in [-0.2, 0) is 33.2 Å². The van der Waals surface area contributed by atoms with Gasteiger partial charge in [0.05, 0.1) is 44.2 Å². The second-order valence-corrected chi connectivity index (χ2v) is 23.7. The zero-order valence-electron chi connectivity index (χ0n) is 39.2. The minimum atomic E-state index is -1.75. The lowest BCUT2D eigenvalue weighted by Gasteiger charge is -2.71. The van der Waals surface area contributed by atoms with Crippen LogP contribution in [0.2, 0.25) is 0 Å². The van der Waals surface area contributed by atoms with Crippen molar-refractivity contribution in [3.8, 4) is 0 Å². The third-order valence-electron chi connectivity index (χ3n) is 19.9. The van der Waals surface area contributed by atoms with Crippen molar-refractivity contribution in [2.75, 3.05) is 19.8 Å². The molecule has 5 aliphatic carbocycles. The predicted octanol–water partition coefficient (Wildman–Crippen LogP) is 0.341. The van der Waals surface area contributed by atoms with E-state index in [0.29, 0.717) is 18.3 Å². The maximum absolute atomic E-state index is 12.0. The molecule has 4 heterocycles. The van der Waals surface area contributed by atoms with Gasteiger partial charge in [-0.15, -0.1) is 0 Å². The van der Waals surface area contributed by atoms with E-state index in [1.54, 1.807) is 0 Å². The van der Waals surface area contributed by atoms with Crippen molar-refractivity contribution in [2.45, 2.75) is 204 Å². The summed E-state index contributed by atoms with van der Waals surface area (Å²) in [6.07, 6.45) is -13.5. The molecule has 0 aromatic rings. The summed E-state index contributed by atoms with van der Waals surface area (Å²) in [5.74, 6) is 1.67.